The Balaban J connectivity index is 1.52. The minimum absolute atomic E-state index is 0.218. The Morgan fingerprint density at radius 1 is 1.19 bits per heavy atom. The lowest BCUT2D eigenvalue weighted by molar-refractivity contribution is 0.0951. The first-order valence-electron chi connectivity index (χ1n) is 9.03. The van der Waals surface area contributed by atoms with Gasteiger partial charge in [-0.2, -0.15) is 5.10 Å². The number of rotatable bonds is 8. The Labute approximate surface area is 158 Å². The smallest absolute Gasteiger partial charge is 0.255 e. The zero-order valence-electron chi connectivity index (χ0n) is 15.7. The molecule has 0 atom stereocenters. The second-order valence-electron chi connectivity index (χ2n) is 6.22. The van der Waals surface area contributed by atoms with Gasteiger partial charge in [0.25, 0.3) is 5.91 Å². The molecule has 8 heteroatoms. The molecule has 0 saturated carbocycles. The number of methoxy groups -OCH3 is 2. The Morgan fingerprint density at radius 3 is 2.74 bits per heavy atom. The number of carbonyl (C=O) groups excluding carboxylic acids is 1. The molecule has 1 aromatic carbocycles. The van der Waals surface area contributed by atoms with Gasteiger partial charge in [-0.25, -0.2) is 0 Å². The van der Waals surface area contributed by atoms with Crippen LogP contribution in [-0.2, 0) is 0 Å². The van der Waals surface area contributed by atoms with Crippen LogP contribution in [0.15, 0.2) is 30.5 Å². The van der Waals surface area contributed by atoms with Crippen molar-refractivity contribution < 1.29 is 14.3 Å². The Bertz CT molecular complexity index is 778. The maximum atomic E-state index is 12.4. The number of aromatic nitrogens is 2. The monoisotopic (exact) mass is 371 g/mol. The molecule has 1 amide bonds. The van der Waals surface area contributed by atoms with Gasteiger partial charge in [0.15, 0.2) is 17.3 Å². The lowest BCUT2D eigenvalue weighted by Crippen LogP contribution is -2.29. The first kappa shape index (κ1) is 18.8. The van der Waals surface area contributed by atoms with Crippen LogP contribution < -0.4 is 25.0 Å². The number of anilines is 2. The number of amides is 1. The van der Waals surface area contributed by atoms with E-state index in [9.17, 15) is 4.79 Å². The lowest BCUT2D eigenvalue weighted by atomic mass is 10.1. The van der Waals surface area contributed by atoms with Crippen LogP contribution in [0, 0.1) is 0 Å². The van der Waals surface area contributed by atoms with E-state index < -0.39 is 0 Å². The van der Waals surface area contributed by atoms with E-state index in [2.05, 4.69) is 25.7 Å². The largest absolute Gasteiger partial charge is 0.493 e. The second kappa shape index (κ2) is 9.07. The van der Waals surface area contributed by atoms with E-state index in [1.54, 1.807) is 31.5 Å². The molecule has 0 bridgehead atoms. The topological polar surface area (TPSA) is 88.6 Å². The molecule has 1 fully saturated rings. The van der Waals surface area contributed by atoms with Gasteiger partial charge < -0.3 is 25.0 Å². The van der Waals surface area contributed by atoms with Crippen molar-refractivity contribution in [1.29, 1.82) is 0 Å². The van der Waals surface area contributed by atoms with Crippen molar-refractivity contribution >= 4 is 17.4 Å². The van der Waals surface area contributed by atoms with Crippen molar-refractivity contribution in [2.75, 3.05) is 50.6 Å². The van der Waals surface area contributed by atoms with E-state index >= 15 is 0 Å². The predicted molar refractivity (Wildman–Crippen MR) is 104 cm³/mol. The van der Waals surface area contributed by atoms with Crippen molar-refractivity contribution in [2.45, 2.75) is 12.8 Å². The highest BCUT2D eigenvalue weighted by atomic mass is 16.5. The summed E-state index contributed by atoms with van der Waals surface area (Å²) in [6, 6.07) is 7.21. The zero-order chi connectivity index (χ0) is 19.1. The maximum Gasteiger partial charge on any atom is 0.255 e. The SMILES string of the molecule is COc1cccc(C(=O)NCCNc2cc(N3CCCC3)cnn2)c1OC. The van der Waals surface area contributed by atoms with Crippen LogP contribution in [0.25, 0.3) is 0 Å². The van der Waals surface area contributed by atoms with E-state index in [1.165, 1.54) is 20.0 Å². The number of hydrogen-bond donors (Lipinski definition) is 2. The van der Waals surface area contributed by atoms with Gasteiger partial charge in [0.1, 0.15) is 0 Å². The summed E-state index contributed by atoms with van der Waals surface area (Å²) < 4.78 is 10.5. The van der Waals surface area contributed by atoms with E-state index in [-0.39, 0.29) is 5.91 Å². The molecular weight excluding hydrogens is 346 g/mol. The molecule has 144 valence electrons. The molecule has 1 aliphatic rings. The Hall–Kier alpha value is -3.03. The molecule has 2 heterocycles. The van der Waals surface area contributed by atoms with Gasteiger partial charge in [0.05, 0.1) is 31.7 Å². The fourth-order valence-electron chi connectivity index (χ4n) is 3.12. The third-order valence-corrected chi connectivity index (χ3v) is 4.48. The lowest BCUT2D eigenvalue weighted by Gasteiger charge is -2.17. The molecule has 8 nitrogen and oxygen atoms in total. The predicted octanol–water partition coefficient (Wildman–Crippen LogP) is 1.94. The average Bonchev–Trinajstić information content (AvgIpc) is 3.25. The molecule has 2 N–H and O–H groups in total. The van der Waals surface area contributed by atoms with Crippen LogP contribution in [0.2, 0.25) is 0 Å². The highest BCUT2D eigenvalue weighted by molar-refractivity contribution is 5.97. The molecule has 0 aliphatic carbocycles. The summed E-state index contributed by atoms with van der Waals surface area (Å²) in [4.78, 5) is 14.7. The molecule has 27 heavy (non-hydrogen) atoms. The zero-order valence-corrected chi connectivity index (χ0v) is 15.7. The first-order valence-corrected chi connectivity index (χ1v) is 9.03. The number of para-hydroxylation sites is 1. The molecule has 1 aromatic heterocycles. The number of nitrogens with one attached hydrogen (secondary N) is 2. The van der Waals surface area contributed by atoms with Gasteiger partial charge in [-0.3, -0.25) is 4.79 Å². The van der Waals surface area contributed by atoms with Gasteiger partial charge in [0, 0.05) is 32.2 Å². The van der Waals surface area contributed by atoms with Crippen LogP contribution >= 0.6 is 0 Å². The summed E-state index contributed by atoms with van der Waals surface area (Å²) in [5.74, 6) is 1.43. The van der Waals surface area contributed by atoms with Crippen LogP contribution in [0.4, 0.5) is 11.5 Å². The normalized spacial score (nSPS) is 13.3. The Morgan fingerprint density at radius 2 is 2.00 bits per heavy atom. The van der Waals surface area contributed by atoms with E-state index in [0.717, 1.165) is 18.8 Å². The van der Waals surface area contributed by atoms with Crippen LogP contribution in [0.5, 0.6) is 11.5 Å². The number of carbonyl (C=O) groups is 1. The van der Waals surface area contributed by atoms with Gasteiger partial charge in [-0.1, -0.05) is 6.07 Å². The number of hydrogen-bond acceptors (Lipinski definition) is 7. The molecule has 1 aliphatic heterocycles. The minimum Gasteiger partial charge on any atom is -0.493 e. The number of nitrogens with zero attached hydrogens (tertiary/aromatic N) is 3. The molecule has 2 aromatic rings. The third kappa shape index (κ3) is 4.58. The van der Waals surface area contributed by atoms with Crippen LogP contribution in [0.1, 0.15) is 23.2 Å². The van der Waals surface area contributed by atoms with Crippen LogP contribution in [-0.4, -0.2) is 56.5 Å². The average molecular weight is 371 g/mol. The van der Waals surface area contributed by atoms with Crippen molar-refractivity contribution in [3.8, 4) is 11.5 Å². The van der Waals surface area contributed by atoms with Crippen molar-refractivity contribution in [2.24, 2.45) is 0 Å². The van der Waals surface area contributed by atoms with E-state index in [1.807, 2.05) is 6.07 Å². The minimum atomic E-state index is -0.218. The summed E-state index contributed by atoms with van der Waals surface area (Å²) in [7, 11) is 3.06. The van der Waals surface area contributed by atoms with Crippen molar-refractivity contribution in [3.05, 3.63) is 36.0 Å². The van der Waals surface area contributed by atoms with Gasteiger partial charge >= 0.3 is 0 Å². The Kier molecular flexibility index (Phi) is 6.30. The van der Waals surface area contributed by atoms with Gasteiger partial charge in [-0.05, 0) is 25.0 Å². The first-order chi connectivity index (χ1) is 13.2. The van der Waals surface area contributed by atoms with Gasteiger partial charge in [-0.15, -0.1) is 5.10 Å². The standard InChI is InChI=1S/C19H25N5O3/c1-26-16-7-5-6-15(18(16)27-2)19(25)21-9-8-20-17-12-14(13-22-23-17)24-10-3-4-11-24/h5-7,12-13H,3-4,8-11H2,1-2H3,(H,20,23)(H,21,25). The van der Waals surface area contributed by atoms with E-state index in [0.29, 0.717) is 36.0 Å². The number of benzene rings is 1. The summed E-state index contributed by atoms with van der Waals surface area (Å²) in [5, 5.41) is 14.2. The third-order valence-electron chi connectivity index (χ3n) is 4.48. The highest BCUT2D eigenvalue weighted by Crippen LogP contribution is 2.30. The molecule has 0 unspecified atom stereocenters. The maximum absolute atomic E-state index is 12.4. The van der Waals surface area contributed by atoms with Gasteiger partial charge in [0.2, 0.25) is 0 Å². The summed E-state index contributed by atoms with van der Waals surface area (Å²) in [6.45, 7) is 3.10. The fourth-order valence-corrected chi connectivity index (χ4v) is 3.12. The quantitative estimate of drug-likeness (QED) is 0.686. The number of ether oxygens (including phenoxy) is 2. The van der Waals surface area contributed by atoms with Crippen molar-refractivity contribution in [1.82, 2.24) is 15.5 Å². The summed E-state index contributed by atoms with van der Waals surface area (Å²) in [5.41, 5.74) is 1.52. The molecule has 0 radical (unpaired) electrons. The second-order valence-corrected chi connectivity index (χ2v) is 6.22. The molecule has 3 rings (SSSR count). The molecular formula is C19H25N5O3. The summed E-state index contributed by atoms with van der Waals surface area (Å²) in [6.07, 6.45) is 4.21. The van der Waals surface area contributed by atoms with Crippen molar-refractivity contribution in [3.63, 3.8) is 0 Å². The van der Waals surface area contributed by atoms with Crippen LogP contribution in [0.3, 0.4) is 0 Å². The fraction of sp³-hybridized carbons (Fsp3) is 0.421. The van der Waals surface area contributed by atoms with E-state index in [4.69, 9.17) is 9.47 Å². The summed E-state index contributed by atoms with van der Waals surface area (Å²) >= 11 is 0. The molecule has 1 saturated heterocycles. The molecule has 0 spiro atoms. The highest BCUT2D eigenvalue weighted by Gasteiger charge is 2.16.